The zero-order valence-electron chi connectivity index (χ0n) is 5.26. The molecular weight excluding hydrogens is 132 g/mol. The van der Waals surface area contributed by atoms with Crippen LogP contribution in [0, 0.1) is 6.42 Å². The molecule has 1 heteroatoms. The summed E-state index contributed by atoms with van der Waals surface area (Å²) in [6.45, 7) is 1.99. The smallest absolute Gasteiger partial charge is 0.0408 e. The highest BCUT2D eigenvalue weighted by molar-refractivity contribution is 6.30. The molecule has 0 aromatic heterocycles. The third-order valence-corrected chi connectivity index (χ3v) is 1.42. The molecular formula is C8H8Cl. The Morgan fingerprint density at radius 1 is 1.44 bits per heavy atom. The summed E-state index contributed by atoms with van der Waals surface area (Å²) in [5.41, 5.74) is 1.17. The van der Waals surface area contributed by atoms with Crippen molar-refractivity contribution < 1.29 is 0 Å². The zero-order chi connectivity index (χ0) is 6.69. The van der Waals surface area contributed by atoms with Gasteiger partial charge in [-0.05, 0) is 24.1 Å². The van der Waals surface area contributed by atoms with E-state index in [-0.39, 0.29) is 0 Å². The van der Waals surface area contributed by atoms with Gasteiger partial charge in [0.15, 0.2) is 0 Å². The van der Waals surface area contributed by atoms with Crippen molar-refractivity contribution >= 4 is 11.6 Å². The van der Waals surface area contributed by atoms with Crippen LogP contribution in [0.5, 0.6) is 0 Å². The highest BCUT2D eigenvalue weighted by Crippen LogP contribution is 2.11. The first-order chi connectivity index (χ1) is 4.33. The molecule has 0 aliphatic heterocycles. The lowest BCUT2D eigenvalue weighted by Crippen LogP contribution is -1.73. The van der Waals surface area contributed by atoms with E-state index in [9.17, 15) is 0 Å². The molecule has 0 unspecified atom stereocenters. The second-order valence-corrected chi connectivity index (χ2v) is 2.28. The fraction of sp³-hybridized carbons (Fsp3) is 0.125. The Bertz CT molecular complexity index is 194. The lowest BCUT2D eigenvalue weighted by atomic mass is 10.2. The molecule has 9 heavy (non-hydrogen) atoms. The number of rotatable bonds is 1. The van der Waals surface area contributed by atoms with Gasteiger partial charge in [-0.25, -0.2) is 0 Å². The molecule has 0 heterocycles. The van der Waals surface area contributed by atoms with Crippen LogP contribution in [-0.2, 0) is 0 Å². The van der Waals surface area contributed by atoms with E-state index >= 15 is 0 Å². The highest BCUT2D eigenvalue weighted by atomic mass is 35.5. The van der Waals surface area contributed by atoms with Crippen LogP contribution >= 0.6 is 11.6 Å². The molecule has 0 fully saturated rings. The first kappa shape index (κ1) is 6.63. The third kappa shape index (κ3) is 1.72. The Hall–Kier alpha value is -0.490. The Kier molecular flexibility index (Phi) is 2.12. The van der Waals surface area contributed by atoms with Crippen molar-refractivity contribution in [2.45, 2.75) is 6.92 Å². The predicted molar refractivity (Wildman–Crippen MR) is 40.5 cm³/mol. The predicted octanol–water partition coefficient (Wildman–Crippen LogP) is 2.91. The largest absolute Gasteiger partial charge is 0.0843 e. The van der Waals surface area contributed by atoms with Crippen molar-refractivity contribution in [3.8, 4) is 0 Å². The number of halogens is 1. The van der Waals surface area contributed by atoms with Crippen LogP contribution in [0.25, 0.3) is 0 Å². The van der Waals surface area contributed by atoms with Crippen LogP contribution in [0.4, 0.5) is 0 Å². The monoisotopic (exact) mass is 139 g/mol. The van der Waals surface area contributed by atoms with Crippen molar-refractivity contribution in [1.82, 2.24) is 0 Å². The molecule has 0 spiro atoms. The third-order valence-electron chi connectivity index (χ3n) is 1.18. The molecule has 0 atom stereocenters. The second-order valence-electron chi connectivity index (χ2n) is 1.84. The van der Waals surface area contributed by atoms with Crippen LogP contribution in [0.2, 0.25) is 5.02 Å². The van der Waals surface area contributed by atoms with Crippen LogP contribution in [0.3, 0.4) is 0 Å². The van der Waals surface area contributed by atoms with Crippen molar-refractivity contribution in [3.05, 3.63) is 41.3 Å². The SMILES string of the molecule is C[CH]c1cccc(Cl)c1. The molecule has 0 bridgehead atoms. The number of hydrogen-bond acceptors (Lipinski definition) is 0. The standard InChI is InChI=1S/C8H8Cl/c1-2-7-4-3-5-8(9)6-7/h2-6H,1H3. The van der Waals surface area contributed by atoms with E-state index in [2.05, 4.69) is 0 Å². The summed E-state index contributed by atoms with van der Waals surface area (Å²) in [6.07, 6.45) is 2.02. The van der Waals surface area contributed by atoms with Crippen molar-refractivity contribution in [2.24, 2.45) is 0 Å². The first-order valence-electron chi connectivity index (χ1n) is 2.88. The van der Waals surface area contributed by atoms with Gasteiger partial charge in [0.1, 0.15) is 0 Å². The Morgan fingerprint density at radius 3 is 2.67 bits per heavy atom. The summed E-state index contributed by atoms with van der Waals surface area (Å²) in [5, 5.41) is 0.797. The Morgan fingerprint density at radius 2 is 2.22 bits per heavy atom. The molecule has 1 rings (SSSR count). The first-order valence-corrected chi connectivity index (χ1v) is 3.25. The second kappa shape index (κ2) is 2.88. The van der Waals surface area contributed by atoms with E-state index in [1.54, 1.807) is 0 Å². The molecule has 0 aliphatic carbocycles. The van der Waals surface area contributed by atoms with Gasteiger partial charge in [-0.1, -0.05) is 30.7 Å². The van der Waals surface area contributed by atoms with E-state index in [1.807, 2.05) is 37.6 Å². The van der Waals surface area contributed by atoms with Crippen LogP contribution < -0.4 is 0 Å². The quantitative estimate of drug-likeness (QED) is 0.561. The zero-order valence-corrected chi connectivity index (χ0v) is 6.02. The molecule has 0 saturated carbocycles. The maximum Gasteiger partial charge on any atom is 0.0408 e. The molecule has 0 nitrogen and oxygen atoms in total. The number of benzene rings is 1. The van der Waals surface area contributed by atoms with Gasteiger partial charge in [0.25, 0.3) is 0 Å². The summed E-state index contributed by atoms with van der Waals surface area (Å²) in [5.74, 6) is 0. The maximum absolute atomic E-state index is 5.70. The summed E-state index contributed by atoms with van der Waals surface area (Å²) in [6, 6.07) is 7.76. The minimum absolute atomic E-state index is 0.797. The van der Waals surface area contributed by atoms with Gasteiger partial charge in [-0.2, -0.15) is 0 Å². The van der Waals surface area contributed by atoms with E-state index < -0.39 is 0 Å². The van der Waals surface area contributed by atoms with Gasteiger partial charge in [-0.15, -0.1) is 0 Å². The van der Waals surface area contributed by atoms with Crippen molar-refractivity contribution in [1.29, 1.82) is 0 Å². The normalized spacial score (nSPS) is 9.56. The fourth-order valence-electron chi connectivity index (χ4n) is 0.686. The fourth-order valence-corrected chi connectivity index (χ4v) is 0.885. The van der Waals surface area contributed by atoms with E-state index in [0.717, 1.165) is 5.02 Å². The minimum atomic E-state index is 0.797. The highest BCUT2D eigenvalue weighted by Gasteiger charge is 1.87. The lowest BCUT2D eigenvalue weighted by Gasteiger charge is -1.93. The minimum Gasteiger partial charge on any atom is -0.0843 e. The molecule has 0 saturated heterocycles. The Labute approximate surface area is 60.5 Å². The summed E-state index contributed by atoms with van der Waals surface area (Å²) < 4.78 is 0. The molecule has 1 radical (unpaired) electrons. The molecule has 47 valence electrons. The summed E-state index contributed by atoms with van der Waals surface area (Å²) in [7, 11) is 0. The van der Waals surface area contributed by atoms with Gasteiger partial charge >= 0.3 is 0 Å². The summed E-state index contributed by atoms with van der Waals surface area (Å²) in [4.78, 5) is 0. The van der Waals surface area contributed by atoms with Gasteiger partial charge in [0, 0.05) is 5.02 Å². The van der Waals surface area contributed by atoms with E-state index in [0.29, 0.717) is 0 Å². The Balaban J connectivity index is 2.94. The van der Waals surface area contributed by atoms with Gasteiger partial charge < -0.3 is 0 Å². The van der Waals surface area contributed by atoms with E-state index in [1.165, 1.54) is 5.56 Å². The van der Waals surface area contributed by atoms with Crippen LogP contribution in [0.1, 0.15) is 12.5 Å². The van der Waals surface area contributed by atoms with Crippen molar-refractivity contribution in [2.75, 3.05) is 0 Å². The molecule has 1 aromatic carbocycles. The van der Waals surface area contributed by atoms with Gasteiger partial charge in [-0.3, -0.25) is 0 Å². The molecule has 1 aromatic rings. The lowest BCUT2D eigenvalue weighted by molar-refractivity contribution is 1.42. The van der Waals surface area contributed by atoms with Crippen molar-refractivity contribution in [3.63, 3.8) is 0 Å². The summed E-state index contributed by atoms with van der Waals surface area (Å²) >= 11 is 5.70. The van der Waals surface area contributed by atoms with Crippen LogP contribution in [0.15, 0.2) is 24.3 Å². The average molecular weight is 140 g/mol. The number of hydrogen-bond donors (Lipinski definition) is 0. The molecule has 0 aliphatic rings. The van der Waals surface area contributed by atoms with E-state index in [4.69, 9.17) is 11.6 Å². The molecule has 0 amide bonds. The van der Waals surface area contributed by atoms with Gasteiger partial charge in [0.2, 0.25) is 0 Å². The maximum atomic E-state index is 5.70. The molecule has 0 N–H and O–H groups in total. The van der Waals surface area contributed by atoms with Gasteiger partial charge in [0.05, 0.1) is 0 Å². The van der Waals surface area contributed by atoms with Crippen LogP contribution in [-0.4, -0.2) is 0 Å². The average Bonchev–Trinajstić information content (AvgIpc) is 1.88. The topological polar surface area (TPSA) is 0 Å².